The third-order valence-corrected chi connectivity index (χ3v) is 2.73. The van der Waals surface area contributed by atoms with Gasteiger partial charge in [0.2, 0.25) is 0 Å². The molecule has 6 nitrogen and oxygen atoms in total. The van der Waals surface area contributed by atoms with E-state index in [2.05, 4.69) is 15.6 Å². The second kappa shape index (κ2) is 4.82. The van der Waals surface area contributed by atoms with Crippen LogP contribution in [-0.4, -0.2) is 32.0 Å². The van der Waals surface area contributed by atoms with Crippen molar-refractivity contribution in [3.63, 3.8) is 0 Å². The zero-order chi connectivity index (χ0) is 12.3. The summed E-state index contributed by atoms with van der Waals surface area (Å²) in [6.07, 6.45) is 5.25. The molecule has 0 aromatic carbocycles. The van der Waals surface area contributed by atoms with Gasteiger partial charge >= 0.3 is 0 Å². The van der Waals surface area contributed by atoms with Crippen LogP contribution in [0.2, 0.25) is 0 Å². The van der Waals surface area contributed by atoms with Crippen molar-refractivity contribution >= 4 is 5.91 Å². The van der Waals surface area contributed by atoms with E-state index < -0.39 is 0 Å². The largest absolute Gasteiger partial charge is 0.354 e. The number of amides is 1. The number of carbonyl (C=O) groups is 1. The van der Waals surface area contributed by atoms with Gasteiger partial charge in [-0.05, 0) is 13.0 Å². The fourth-order valence-corrected chi connectivity index (χ4v) is 1.58. The topological polar surface area (TPSA) is 64.7 Å². The summed E-state index contributed by atoms with van der Waals surface area (Å²) in [5.74, 6) is -0.0526. The predicted octanol–water partition coefficient (Wildman–Crippen LogP) is 0.355. The van der Waals surface area contributed by atoms with Gasteiger partial charge in [-0.1, -0.05) is 5.21 Å². The first-order chi connectivity index (χ1) is 8.18. The lowest BCUT2D eigenvalue weighted by molar-refractivity contribution is 0.0951. The molecule has 0 saturated heterocycles. The Morgan fingerprint density at radius 3 is 2.88 bits per heavy atom. The Bertz CT molecular complexity index is 500. The summed E-state index contributed by atoms with van der Waals surface area (Å²) in [6, 6.07) is 1.82. The number of aromatic nitrogens is 4. The van der Waals surface area contributed by atoms with Gasteiger partial charge in [-0.3, -0.25) is 9.48 Å². The van der Waals surface area contributed by atoms with Gasteiger partial charge in [-0.15, -0.1) is 5.10 Å². The van der Waals surface area contributed by atoms with Crippen LogP contribution in [0.25, 0.3) is 0 Å². The van der Waals surface area contributed by atoms with E-state index in [0.29, 0.717) is 18.7 Å². The monoisotopic (exact) mass is 233 g/mol. The van der Waals surface area contributed by atoms with Gasteiger partial charge in [0, 0.05) is 31.7 Å². The molecule has 2 heterocycles. The van der Waals surface area contributed by atoms with Gasteiger partial charge in [0.15, 0.2) is 0 Å². The van der Waals surface area contributed by atoms with E-state index in [1.165, 1.54) is 0 Å². The number of hydrogen-bond donors (Lipinski definition) is 1. The van der Waals surface area contributed by atoms with E-state index in [1.807, 2.05) is 30.8 Å². The summed E-state index contributed by atoms with van der Waals surface area (Å²) in [7, 11) is 1.92. The van der Waals surface area contributed by atoms with Crippen LogP contribution >= 0.6 is 0 Å². The van der Waals surface area contributed by atoms with Crippen LogP contribution in [0.3, 0.4) is 0 Å². The van der Waals surface area contributed by atoms with E-state index >= 15 is 0 Å². The van der Waals surface area contributed by atoms with E-state index in [9.17, 15) is 4.79 Å². The van der Waals surface area contributed by atoms with Crippen molar-refractivity contribution in [1.29, 1.82) is 0 Å². The molecular formula is C11H15N5O. The number of nitrogens with one attached hydrogen (secondary N) is 1. The molecule has 2 aromatic rings. The van der Waals surface area contributed by atoms with Gasteiger partial charge in [0.1, 0.15) is 0 Å². The second-order valence-electron chi connectivity index (χ2n) is 3.85. The first kappa shape index (κ1) is 11.4. The Labute approximate surface area is 99.2 Å². The number of hydrogen-bond acceptors (Lipinski definition) is 3. The molecule has 0 bridgehead atoms. The van der Waals surface area contributed by atoms with E-state index in [0.717, 1.165) is 5.69 Å². The Morgan fingerprint density at radius 1 is 1.47 bits per heavy atom. The molecule has 0 atom stereocenters. The van der Waals surface area contributed by atoms with Crippen LogP contribution in [-0.2, 0) is 13.6 Å². The Kier molecular flexibility index (Phi) is 3.22. The Morgan fingerprint density at radius 2 is 2.29 bits per heavy atom. The standard InChI is InChI=1S/C11H15N5O/c1-9-10(3-6-15(9)2)11(17)12-4-7-16-8-5-13-14-16/h3,5-6,8H,4,7H2,1-2H3,(H,12,17). The van der Waals surface area contributed by atoms with Crippen LogP contribution in [0.4, 0.5) is 0 Å². The van der Waals surface area contributed by atoms with Crippen LogP contribution < -0.4 is 5.32 Å². The smallest absolute Gasteiger partial charge is 0.253 e. The van der Waals surface area contributed by atoms with Crippen molar-refractivity contribution in [2.75, 3.05) is 6.54 Å². The van der Waals surface area contributed by atoms with Gasteiger partial charge in [0.25, 0.3) is 5.91 Å². The molecule has 0 unspecified atom stereocenters. The molecule has 1 N–H and O–H groups in total. The highest BCUT2D eigenvalue weighted by molar-refractivity contribution is 5.95. The third kappa shape index (κ3) is 2.52. The molecule has 2 aromatic heterocycles. The maximum absolute atomic E-state index is 11.8. The molecule has 0 fully saturated rings. The summed E-state index contributed by atoms with van der Waals surface area (Å²) < 4.78 is 3.60. The summed E-state index contributed by atoms with van der Waals surface area (Å²) in [5.41, 5.74) is 1.68. The quantitative estimate of drug-likeness (QED) is 0.829. The zero-order valence-corrected chi connectivity index (χ0v) is 9.92. The van der Waals surface area contributed by atoms with E-state index in [-0.39, 0.29) is 5.91 Å². The molecule has 0 aliphatic heterocycles. The molecular weight excluding hydrogens is 218 g/mol. The van der Waals surface area contributed by atoms with Crippen molar-refractivity contribution in [1.82, 2.24) is 24.9 Å². The highest BCUT2D eigenvalue weighted by atomic mass is 16.1. The lowest BCUT2D eigenvalue weighted by atomic mass is 10.2. The normalized spacial score (nSPS) is 10.5. The first-order valence-corrected chi connectivity index (χ1v) is 5.42. The van der Waals surface area contributed by atoms with Crippen molar-refractivity contribution in [2.24, 2.45) is 7.05 Å². The van der Waals surface area contributed by atoms with Crippen molar-refractivity contribution in [2.45, 2.75) is 13.5 Å². The molecule has 0 saturated carbocycles. The van der Waals surface area contributed by atoms with Crippen molar-refractivity contribution in [3.8, 4) is 0 Å². The lowest BCUT2D eigenvalue weighted by Crippen LogP contribution is -2.27. The van der Waals surface area contributed by atoms with Crippen LogP contribution in [0.15, 0.2) is 24.7 Å². The fourth-order valence-electron chi connectivity index (χ4n) is 1.58. The molecule has 0 aliphatic rings. The number of aryl methyl sites for hydroxylation is 1. The summed E-state index contributed by atoms with van der Waals surface area (Å²) in [5, 5.41) is 10.4. The third-order valence-electron chi connectivity index (χ3n) is 2.73. The van der Waals surface area contributed by atoms with Crippen LogP contribution in [0, 0.1) is 6.92 Å². The van der Waals surface area contributed by atoms with Gasteiger partial charge in [-0.25, -0.2) is 0 Å². The Hall–Kier alpha value is -2.11. The highest BCUT2D eigenvalue weighted by Crippen LogP contribution is 2.07. The first-order valence-electron chi connectivity index (χ1n) is 5.42. The molecule has 2 rings (SSSR count). The predicted molar refractivity (Wildman–Crippen MR) is 62.5 cm³/mol. The van der Waals surface area contributed by atoms with Crippen LogP contribution in [0.1, 0.15) is 16.1 Å². The average Bonchev–Trinajstić information content (AvgIpc) is 2.91. The van der Waals surface area contributed by atoms with Gasteiger partial charge < -0.3 is 9.88 Å². The molecule has 17 heavy (non-hydrogen) atoms. The zero-order valence-electron chi connectivity index (χ0n) is 9.92. The van der Waals surface area contributed by atoms with Gasteiger partial charge in [-0.2, -0.15) is 0 Å². The molecule has 0 spiro atoms. The molecule has 0 radical (unpaired) electrons. The van der Waals surface area contributed by atoms with Crippen molar-refractivity contribution < 1.29 is 4.79 Å². The Balaban J connectivity index is 1.87. The minimum atomic E-state index is -0.0526. The molecule has 90 valence electrons. The SMILES string of the molecule is Cc1c(C(=O)NCCn2ccnn2)ccn1C. The summed E-state index contributed by atoms with van der Waals surface area (Å²) in [6.45, 7) is 3.08. The maximum Gasteiger partial charge on any atom is 0.253 e. The molecule has 1 amide bonds. The van der Waals surface area contributed by atoms with Crippen molar-refractivity contribution in [3.05, 3.63) is 35.9 Å². The summed E-state index contributed by atoms with van der Waals surface area (Å²) in [4.78, 5) is 11.8. The summed E-state index contributed by atoms with van der Waals surface area (Å²) >= 11 is 0. The number of nitrogens with zero attached hydrogens (tertiary/aromatic N) is 4. The average molecular weight is 233 g/mol. The minimum Gasteiger partial charge on any atom is -0.354 e. The lowest BCUT2D eigenvalue weighted by Gasteiger charge is -2.05. The molecule has 0 aliphatic carbocycles. The molecule has 6 heteroatoms. The van der Waals surface area contributed by atoms with E-state index in [4.69, 9.17) is 0 Å². The highest BCUT2D eigenvalue weighted by Gasteiger charge is 2.10. The maximum atomic E-state index is 11.8. The van der Waals surface area contributed by atoms with Crippen LogP contribution in [0.5, 0.6) is 0 Å². The minimum absolute atomic E-state index is 0.0526. The van der Waals surface area contributed by atoms with E-state index in [1.54, 1.807) is 17.1 Å². The second-order valence-corrected chi connectivity index (χ2v) is 3.85. The van der Waals surface area contributed by atoms with Gasteiger partial charge in [0.05, 0.1) is 18.3 Å². The number of carbonyl (C=O) groups excluding carboxylic acids is 1. The number of rotatable bonds is 4. The fraction of sp³-hybridized carbons (Fsp3) is 0.364.